The Balaban J connectivity index is 4.14. The van der Waals surface area contributed by atoms with Crippen LogP contribution >= 0.6 is 0 Å². The van der Waals surface area contributed by atoms with Gasteiger partial charge < -0.3 is 0 Å². The van der Waals surface area contributed by atoms with Crippen molar-refractivity contribution in [3.8, 4) is 0 Å². The lowest BCUT2D eigenvalue weighted by atomic mass is 10.1. The summed E-state index contributed by atoms with van der Waals surface area (Å²) >= 11 is 0. The van der Waals surface area contributed by atoms with Crippen LogP contribution in [-0.4, -0.2) is 18.2 Å². The molecule has 0 rings (SSSR count). The first kappa shape index (κ1) is 11.6. The molecule has 0 aromatic carbocycles. The van der Waals surface area contributed by atoms with Crippen molar-refractivity contribution in [1.29, 1.82) is 0 Å². The maximum absolute atomic E-state index is 10.7. The molecule has 0 aliphatic carbocycles. The third-order valence-corrected chi connectivity index (χ3v) is 3.00. The fraction of sp³-hybridized carbons (Fsp3) is 0.750. The molecule has 0 saturated heterocycles. The van der Waals surface area contributed by atoms with Crippen LogP contribution in [0, 0.1) is 0 Å². The second-order valence-electron chi connectivity index (χ2n) is 2.80. The molecule has 12 heavy (non-hydrogen) atoms. The number of hydrogen-bond acceptors (Lipinski definition) is 2. The Labute approximate surface area is 74.2 Å². The van der Waals surface area contributed by atoms with Crippen LogP contribution < -0.4 is 0 Å². The van der Waals surface area contributed by atoms with Crippen molar-refractivity contribution in [3.05, 3.63) is 12.7 Å². The molecule has 0 bridgehead atoms. The third-order valence-electron chi connectivity index (χ3n) is 1.73. The summed E-state index contributed by atoms with van der Waals surface area (Å²) in [6.45, 7) is 5.43. The minimum Gasteiger partial charge on any atom is -0.285 e. The summed E-state index contributed by atoms with van der Waals surface area (Å²) in [4.78, 5) is 0. The van der Waals surface area contributed by atoms with Gasteiger partial charge in [0.05, 0.1) is 5.25 Å². The van der Waals surface area contributed by atoms with E-state index in [1.807, 2.05) is 6.92 Å². The van der Waals surface area contributed by atoms with E-state index in [4.69, 9.17) is 4.55 Å². The number of hydrogen-bond donors (Lipinski definition) is 1. The van der Waals surface area contributed by atoms with Crippen LogP contribution in [0.5, 0.6) is 0 Å². The molecule has 1 unspecified atom stereocenters. The molecule has 0 amide bonds. The Bertz CT molecular complexity index is 218. The second-order valence-corrected chi connectivity index (χ2v) is 4.50. The molecule has 72 valence electrons. The topological polar surface area (TPSA) is 54.4 Å². The normalized spacial score (nSPS) is 14.2. The predicted octanol–water partition coefficient (Wildman–Crippen LogP) is 2.01. The number of allylic oxidation sites excluding steroid dienone is 1. The zero-order valence-electron chi connectivity index (χ0n) is 7.36. The highest BCUT2D eigenvalue weighted by Gasteiger charge is 2.20. The van der Waals surface area contributed by atoms with Gasteiger partial charge in [0.15, 0.2) is 0 Å². The van der Waals surface area contributed by atoms with Gasteiger partial charge in [-0.15, -0.1) is 6.58 Å². The molecule has 0 aliphatic heterocycles. The zero-order chi connectivity index (χ0) is 9.61. The molecule has 0 radical (unpaired) electrons. The first-order chi connectivity index (χ1) is 5.52. The Morgan fingerprint density at radius 3 is 2.50 bits per heavy atom. The second kappa shape index (κ2) is 5.32. The minimum absolute atomic E-state index is 0.332. The maximum atomic E-state index is 10.7. The van der Waals surface area contributed by atoms with Gasteiger partial charge in [-0.05, 0) is 12.8 Å². The molecule has 0 spiro atoms. The summed E-state index contributed by atoms with van der Waals surface area (Å²) < 4.78 is 30.2. The number of unbranched alkanes of at least 4 members (excludes halogenated alkanes) is 1. The van der Waals surface area contributed by atoms with Crippen LogP contribution in [0.4, 0.5) is 0 Å². The Morgan fingerprint density at radius 2 is 2.17 bits per heavy atom. The quantitative estimate of drug-likeness (QED) is 0.517. The fourth-order valence-electron chi connectivity index (χ4n) is 1.01. The Kier molecular flexibility index (Phi) is 5.17. The van der Waals surface area contributed by atoms with Crippen molar-refractivity contribution in [1.82, 2.24) is 0 Å². The van der Waals surface area contributed by atoms with Gasteiger partial charge in [-0.25, -0.2) is 0 Å². The van der Waals surface area contributed by atoms with Gasteiger partial charge in [-0.1, -0.05) is 25.8 Å². The van der Waals surface area contributed by atoms with Gasteiger partial charge in [-0.2, -0.15) is 8.42 Å². The highest BCUT2D eigenvalue weighted by Crippen LogP contribution is 2.12. The lowest BCUT2D eigenvalue weighted by Gasteiger charge is -2.09. The SMILES string of the molecule is C=CCC(CCCC)S(=O)(=O)O. The van der Waals surface area contributed by atoms with E-state index < -0.39 is 15.4 Å². The number of rotatable bonds is 6. The molecule has 0 fully saturated rings. The van der Waals surface area contributed by atoms with Crippen molar-refractivity contribution < 1.29 is 13.0 Å². The van der Waals surface area contributed by atoms with Crippen LogP contribution in [0.15, 0.2) is 12.7 Å². The van der Waals surface area contributed by atoms with E-state index in [0.29, 0.717) is 12.8 Å². The van der Waals surface area contributed by atoms with Gasteiger partial charge in [-0.3, -0.25) is 4.55 Å². The monoisotopic (exact) mass is 192 g/mol. The molecule has 0 aromatic rings. The molecule has 0 aliphatic rings. The van der Waals surface area contributed by atoms with Crippen LogP contribution in [0.3, 0.4) is 0 Å². The highest BCUT2D eigenvalue weighted by atomic mass is 32.2. The van der Waals surface area contributed by atoms with E-state index in [2.05, 4.69) is 6.58 Å². The predicted molar refractivity (Wildman–Crippen MR) is 49.7 cm³/mol. The molecular formula is C8H16O3S. The van der Waals surface area contributed by atoms with Crippen LogP contribution in [-0.2, 0) is 10.1 Å². The smallest absolute Gasteiger partial charge is 0.268 e. The third kappa shape index (κ3) is 4.51. The van der Waals surface area contributed by atoms with E-state index in [0.717, 1.165) is 12.8 Å². The summed E-state index contributed by atoms with van der Waals surface area (Å²) in [5, 5.41) is -0.657. The van der Waals surface area contributed by atoms with E-state index in [-0.39, 0.29) is 0 Å². The van der Waals surface area contributed by atoms with E-state index in [1.165, 1.54) is 6.08 Å². The van der Waals surface area contributed by atoms with Crippen molar-refractivity contribution in [2.24, 2.45) is 0 Å². The molecule has 1 N–H and O–H groups in total. The molecule has 0 aromatic heterocycles. The largest absolute Gasteiger partial charge is 0.285 e. The van der Waals surface area contributed by atoms with E-state index >= 15 is 0 Å². The summed E-state index contributed by atoms with van der Waals surface area (Å²) in [6.07, 6.45) is 4.12. The van der Waals surface area contributed by atoms with Crippen molar-refractivity contribution >= 4 is 10.1 Å². The van der Waals surface area contributed by atoms with Crippen molar-refractivity contribution in [2.45, 2.75) is 37.9 Å². The Morgan fingerprint density at radius 1 is 1.58 bits per heavy atom. The Hall–Kier alpha value is -0.350. The van der Waals surface area contributed by atoms with Crippen LogP contribution in [0.2, 0.25) is 0 Å². The minimum atomic E-state index is -3.87. The lowest BCUT2D eigenvalue weighted by molar-refractivity contribution is 0.459. The summed E-state index contributed by atoms with van der Waals surface area (Å²) in [6, 6.07) is 0. The van der Waals surface area contributed by atoms with E-state index in [9.17, 15) is 8.42 Å². The van der Waals surface area contributed by atoms with Crippen molar-refractivity contribution in [3.63, 3.8) is 0 Å². The molecule has 4 heteroatoms. The van der Waals surface area contributed by atoms with Gasteiger partial charge in [0, 0.05) is 0 Å². The van der Waals surface area contributed by atoms with Gasteiger partial charge in [0.25, 0.3) is 10.1 Å². The summed E-state index contributed by atoms with van der Waals surface area (Å²) in [5.41, 5.74) is 0. The molecule has 0 heterocycles. The van der Waals surface area contributed by atoms with Gasteiger partial charge in [0.1, 0.15) is 0 Å². The van der Waals surface area contributed by atoms with Crippen molar-refractivity contribution in [2.75, 3.05) is 0 Å². The molecular weight excluding hydrogens is 176 g/mol. The molecule has 3 nitrogen and oxygen atoms in total. The molecule has 0 saturated carbocycles. The van der Waals surface area contributed by atoms with Crippen LogP contribution in [0.1, 0.15) is 32.6 Å². The maximum Gasteiger partial charge on any atom is 0.268 e. The molecule has 1 atom stereocenters. The van der Waals surface area contributed by atoms with E-state index in [1.54, 1.807) is 0 Å². The zero-order valence-corrected chi connectivity index (χ0v) is 8.18. The standard InChI is InChI=1S/C8H16O3S/c1-3-5-7-8(6-4-2)12(9,10)11/h4,8H,2-3,5-7H2,1H3,(H,9,10,11). The average molecular weight is 192 g/mol. The van der Waals surface area contributed by atoms with Gasteiger partial charge in [0.2, 0.25) is 0 Å². The summed E-state index contributed by atoms with van der Waals surface area (Å²) in [5.74, 6) is 0. The van der Waals surface area contributed by atoms with Gasteiger partial charge >= 0.3 is 0 Å². The fourth-order valence-corrected chi connectivity index (χ4v) is 1.85. The first-order valence-electron chi connectivity index (χ1n) is 4.09. The highest BCUT2D eigenvalue weighted by molar-refractivity contribution is 7.86. The first-order valence-corrected chi connectivity index (χ1v) is 5.59. The van der Waals surface area contributed by atoms with Crippen LogP contribution in [0.25, 0.3) is 0 Å². The lowest BCUT2D eigenvalue weighted by Crippen LogP contribution is -2.19. The summed E-state index contributed by atoms with van der Waals surface area (Å²) in [7, 11) is -3.87. The average Bonchev–Trinajstić information content (AvgIpc) is 1.95.